The molecule has 0 heterocycles. The van der Waals surface area contributed by atoms with Crippen LogP contribution in [0.25, 0.3) is 0 Å². The lowest BCUT2D eigenvalue weighted by molar-refractivity contribution is -0.146. The summed E-state index contributed by atoms with van der Waals surface area (Å²) >= 11 is 0. The molecular weight excluding hydrogens is 226 g/mol. The molecule has 0 radical (unpaired) electrons. The topological polar surface area (TPSA) is 63.3 Å². The Morgan fingerprint density at radius 3 is 2.28 bits per heavy atom. The normalized spacial score (nSPS) is 16.3. The van der Waals surface area contributed by atoms with Gasteiger partial charge < -0.3 is 10.8 Å². The Balaban J connectivity index is 3.00. The van der Waals surface area contributed by atoms with E-state index in [4.69, 9.17) is 5.73 Å². The number of benzene rings is 1. The molecule has 0 spiro atoms. The van der Waals surface area contributed by atoms with Crippen LogP contribution in [0.1, 0.15) is 32.8 Å². The fraction of sp³-hybridized carbons (Fsp3) is 0.533. The summed E-state index contributed by atoms with van der Waals surface area (Å²) in [5.41, 5.74) is 6.12. The minimum absolute atomic E-state index is 0.0672. The molecule has 3 N–H and O–H groups in total. The van der Waals surface area contributed by atoms with Gasteiger partial charge in [-0.2, -0.15) is 0 Å². The Morgan fingerprint density at radius 2 is 1.89 bits per heavy atom. The van der Waals surface area contributed by atoms with E-state index in [1.54, 1.807) is 0 Å². The Morgan fingerprint density at radius 1 is 1.33 bits per heavy atom. The van der Waals surface area contributed by atoms with Crippen molar-refractivity contribution in [2.75, 3.05) is 0 Å². The number of nitrogens with two attached hydrogens (primary N) is 1. The summed E-state index contributed by atoms with van der Waals surface area (Å²) in [7, 11) is 0. The molecule has 0 unspecified atom stereocenters. The molecule has 0 saturated heterocycles. The van der Waals surface area contributed by atoms with Crippen molar-refractivity contribution >= 4 is 5.97 Å². The Hall–Kier alpha value is -1.35. The van der Waals surface area contributed by atoms with E-state index in [-0.39, 0.29) is 11.8 Å². The van der Waals surface area contributed by atoms with Gasteiger partial charge >= 0.3 is 5.97 Å². The molecule has 0 aromatic heterocycles. The third kappa shape index (κ3) is 3.10. The van der Waals surface area contributed by atoms with Crippen LogP contribution in [0.3, 0.4) is 0 Å². The third-order valence-corrected chi connectivity index (χ3v) is 3.75. The minimum Gasteiger partial charge on any atom is -0.480 e. The first-order chi connectivity index (χ1) is 8.41. The second kappa shape index (κ2) is 6.01. The highest BCUT2D eigenvalue weighted by atomic mass is 16.4. The summed E-state index contributed by atoms with van der Waals surface area (Å²) in [6, 6.07) is 9.94. The first kappa shape index (κ1) is 14.7. The quantitative estimate of drug-likeness (QED) is 0.814. The number of carboxylic acid groups (broad SMARTS) is 1. The first-order valence-corrected chi connectivity index (χ1v) is 6.48. The molecule has 0 saturated carbocycles. The minimum atomic E-state index is -1.15. The Bertz CT molecular complexity index is 389. The molecule has 100 valence electrons. The van der Waals surface area contributed by atoms with E-state index < -0.39 is 11.5 Å². The lowest BCUT2D eigenvalue weighted by Gasteiger charge is -2.35. The van der Waals surface area contributed by atoms with Crippen LogP contribution in [-0.4, -0.2) is 16.6 Å². The van der Waals surface area contributed by atoms with E-state index in [1.807, 2.05) is 51.1 Å². The highest BCUT2D eigenvalue weighted by Crippen LogP contribution is 2.30. The van der Waals surface area contributed by atoms with Crippen LogP contribution in [0, 0.1) is 11.8 Å². The van der Waals surface area contributed by atoms with Crippen molar-refractivity contribution in [3.05, 3.63) is 35.9 Å². The van der Waals surface area contributed by atoms with Gasteiger partial charge in [0.15, 0.2) is 0 Å². The fourth-order valence-corrected chi connectivity index (χ4v) is 2.45. The summed E-state index contributed by atoms with van der Waals surface area (Å²) in [6.07, 6.45) is 1.15. The predicted octanol–water partition coefficient (Wildman–Crippen LogP) is 2.69. The highest BCUT2D eigenvalue weighted by Gasteiger charge is 2.41. The van der Waals surface area contributed by atoms with Gasteiger partial charge in [-0.1, -0.05) is 51.1 Å². The van der Waals surface area contributed by atoms with E-state index in [2.05, 4.69) is 0 Å². The second-order valence-corrected chi connectivity index (χ2v) is 5.24. The molecule has 0 fully saturated rings. The van der Waals surface area contributed by atoms with Gasteiger partial charge in [-0.3, -0.25) is 4.79 Å². The first-order valence-electron chi connectivity index (χ1n) is 6.48. The van der Waals surface area contributed by atoms with Gasteiger partial charge in [0.05, 0.1) is 0 Å². The molecule has 3 heteroatoms. The summed E-state index contributed by atoms with van der Waals surface area (Å²) in [4.78, 5) is 11.5. The summed E-state index contributed by atoms with van der Waals surface area (Å²) in [5.74, 6) is -0.742. The molecule has 18 heavy (non-hydrogen) atoms. The van der Waals surface area contributed by atoms with Crippen LogP contribution in [0.15, 0.2) is 30.3 Å². The van der Waals surface area contributed by atoms with Crippen molar-refractivity contribution in [2.24, 2.45) is 17.6 Å². The predicted molar refractivity (Wildman–Crippen MR) is 73.3 cm³/mol. The van der Waals surface area contributed by atoms with Crippen LogP contribution in [0.2, 0.25) is 0 Å². The molecule has 1 rings (SSSR count). The number of hydrogen-bond acceptors (Lipinski definition) is 2. The zero-order valence-electron chi connectivity index (χ0n) is 11.4. The van der Waals surface area contributed by atoms with Crippen LogP contribution < -0.4 is 5.73 Å². The van der Waals surface area contributed by atoms with Crippen molar-refractivity contribution < 1.29 is 9.90 Å². The van der Waals surface area contributed by atoms with Crippen molar-refractivity contribution in [1.82, 2.24) is 0 Å². The van der Waals surface area contributed by atoms with Crippen LogP contribution >= 0.6 is 0 Å². The molecular formula is C15H23NO2. The number of aliphatic carboxylic acids is 1. The maximum absolute atomic E-state index is 11.5. The Kier molecular flexibility index (Phi) is 4.91. The van der Waals surface area contributed by atoms with E-state index in [0.717, 1.165) is 5.56 Å². The molecule has 3 nitrogen and oxygen atoms in total. The standard InChI is InChI=1S/C15H23NO2/c1-4-15(16,14(17)18)13(11(2)3)10-12-8-6-5-7-9-12/h5-9,11,13H,4,10,16H2,1-3H3,(H,17,18)/t13-,15-/m0/s1. The lowest BCUT2D eigenvalue weighted by atomic mass is 9.73. The fourth-order valence-electron chi connectivity index (χ4n) is 2.45. The number of rotatable bonds is 6. The van der Waals surface area contributed by atoms with Crippen molar-refractivity contribution in [1.29, 1.82) is 0 Å². The molecule has 0 aliphatic rings. The zero-order valence-corrected chi connectivity index (χ0v) is 11.4. The van der Waals surface area contributed by atoms with Gasteiger partial charge in [0.1, 0.15) is 5.54 Å². The van der Waals surface area contributed by atoms with Gasteiger partial charge in [-0.15, -0.1) is 0 Å². The smallest absolute Gasteiger partial charge is 0.323 e. The van der Waals surface area contributed by atoms with Gasteiger partial charge in [-0.25, -0.2) is 0 Å². The number of hydrogen-bond donors (Lipinski definition) is 2. The van der Waals surface area contributed by atoms with Gasteiger partial charge in [0, 0.05) is 0 Å². The number of carbonyl (C=O) groups is 1. The van der Waals surface area contributed by atoms with Crippen LogP contribution in [-0.2, 0) is 11.2 Å². The third-order valence-electron chi connectivity index (χ3n) is 3.75. The maximum atomic E-state index is 11.5. The van der Waals surface area contributed by atoms with E-state index in [0.29, 0.717) is 12.8 Å². The maximum Gasteiger partial charge on any atom is 0.323 e. The van der Waals surface area contributed by atoms with Gasteiger partial charge in [0.25, 0.3) is 0 Å². The van der Waals surface area contributed by atoms with E-state index >= 15 is 0 Å². The molecule has 0 bridgehead atoms. The average Bonchev–Trinajstić information content (AvgIpc) is 2.35. The van der Waals surface area contributed by atoms with Crippen LogP contribution in [0.4, 0.5) is 0 Å². The monoisotopic (exact) mass is 249 g/mol. The molecule has 1 aromatic rings. The van der Waals surface area contributed by atoms with Crippen molar-refractivity contribution in [3.63, 3.8) is 0 Å². The lowest BCUT2D eigenvalue weighted by Crippen LogP contribution is -2.56. The van der Waals surface area contributed by atoms with E-state index in [1.165, 1.54) is 0 Å². The summed E-state index contributed by atoms with van der Waals surface area (Å²) < 4.78 is 0. The highest BCUT2D eigenvalue weighted by molar-refractivity contribution is 5.79. The van der Waals surface area contributed by atoms with Gasteiger partial charge in [-0.05, 0) is 30.2 Å². The molecule has 0 amide bonds. The Labute approximate surface area is 109 Å². The summed E-state index contributed by atoms with van der Waals surface area (Å²) in [6.45, 7) is 5.91. The van der Waals surface area contributed by atoms with Crippen molar-refractivity contribution in [2.45, 2.75) is 39.2 Å². The largest absolute Gasteiger partial charge is 0.480 e. The van der Waals surface area contributed by atoms with Crippen molar-refractivity contribution in [3.8, 4) is 0 Å². The summed E-state index contributed by atoms with van der Waals surface area (Å²) in [5, 5.41) is 9.40. The average molecular weight is 249 g/mol. The van der Waals surface area contributed by atoms with E-state index in [9.17, 15) is 9.90 Å². The molecule has 2 atom stereocenters. The molecule has 1 aromatic carbocycles. The second-order valence-electron chi connectivity index (χ2n) is 5.24. The number of carboxylic acids is 1. The SMILES string of the molecule is CC[C@@](N)(C(=O)O)[C@@H](Cc1ccccc1)C(C)C. The molecule has 0 aliphatic carbocycles. The van der Waals surface area contributed by atoms with Crippen LogP contribution in [0.5, 0.6) is 0 Å². The molecule has 0 aliphatic heterocycles. The zero-order chi connectivity index (χ0) is 13.8. The van der Waals surface area contributed by atoms with Gasteiger partial charge in [0.2, 0.25) is 0 Å².